The van der Waals surface area contributed by atoms with E-state index in [1.54, 1.807) is 18.0 Å². The first-order valence-corrected chi connectivity index (χ1v) is 7.78. The van der Waals surface area contributed by atoms with E-state index in [0.29, 0.717) is 13.1 Å². The minimum Gasteiger partial charge on any atom is -0.444 e. The van der Waals surface area contributed by atoms with Crippen LogP contribution < -0.4 is 5.32 Å². The zero-order valence-corrected chi connectivity index (χ0v) is 13.2. The van der Waals surface area contributed by atoms with Gasteiger partial charge in [-0.05, 0) is 62.9 Å². The lowest BCUT2D eigenvalue weighted by Gasteiger charge is -2.20. The zero-order valence-electron chi connectivity index (χ0n) is 11.6. The van der Waals surface area contributed by atoms with Gasteiger partial charge in [0, 0.05) is 22.9 Å². The van der Waals surface area contributed by atoms with Gasteiger partial charge < -0.3 is 10.1 Å². The molecule has 2 rings (SSSR count). The molecule has 0 unspecified atom stereocenters. The standard InChI is InChI=1S/C13H17FN2O2S2/c1-13(2,3)18-12(17)15-6-7-16-19-10-5-4-9(14)8-11(10)20-16/h4-5,8H,6-7H2,1-3H3,(H,15,17). The number of nitrogens with zero attached hydrogens (tertiary/aromatic N) is 1. The molecule has 1 aromatic carbocycles. The van der Waals surface area contributed by atoms with Crippen molar-refractivity contribution in [1.29, 1.82) is 0 Å². The summed E-state index contributed by atoms with van der Waals surface area (Å²) in [7, 11) is 0. The number of carbonyl (C=O) groups excluding carboxylic acids is 1. The Kier molecular flexibility index (Phi) is 4.82. The highest BCUT2D eigenvalue weighted by Gasteiger charge is 2.22. The Balaban J connectivity index is 1.74. The molecule has 0 aliphatic carbocycles. The number of fused-ring (bicyclic) bond motifs is 1. The second kappa shape index (κ2) is 6.24. The molecule has 4 nitrogen and oxygen atoms in total. The van der Waals surface area contributed by atoms with Gasteiger partial charge in [0.05, 0.1) is 0 Å². The Morgan fingerprint density at radius 3 is 2.75 bits per heavy atom. The van der Waals surface area contributed by atoms with E-state index < -0.39 is 11.7 Å². The largest absolute Gasteiger partial charge is 0.444 e. The highest BCUT2D eigenvalue weighted by atomic mass is 32.2. The third-order valence-corrected chi connectivity index (χ3v) is 4.70. The second-order valence-electron chi connectivity index (χ2n) is 5.26. The van der Waals surface area contributed by atoms with Crippen molar-refractivity contribution >= 4 is 30.0 Å². The van der Waals surface area contributed by atoms with Gasteiger partial charge in [-0.1, -0.05) is 0 Å². The number of carbonyl (C=O) groups is 1. The summed E-state index contributed by atoms with van der Waals surface area (Å²) in [5.41, 5.74) is -0.491. The summed E-state index contributed by atoms with van der Waals surface area (Å²) >= 11 is 3.03. The Morgan fingerprint density at radius 1 is 1.35 bits per heavy atom. The van der Waals surface area contributed by atoms with Gasteiger partial charge in [0.25, 0.3) is 0 Å². The molecule has 7 heteroatoms. The lowest BCUT2D eigenvalue weighted by molar-refractivity contribution is 0.0528. The van der Waals surface area contributed by atoms with Gasteiger partial charge in [-0.2, -0.15) is 3.71 Å². The van der Waals surface area contributed by atoms with Crippen LogP contribution in [0.4, 0.5) is 9.18 Å². The van der Waals surface area contributed by atoms with E-state index in [0.717, 1.165) is 9.79 Å². The number of hydrogen-bond acceptors (Lipinski definition) is 5. The average molecular weight is 316 g/mol. The van der Waals surface area contributed by atoms with Gasteiger partial charge >= 0.3 is 6.09 Å². The summed E-state index contributed by atoms with van der Waals surface area (Å²) in [4.78, 5) is 13.4. The third kappa shape index (κ3) is 4.57. The molecule has 20 heavy (non-hydrogen) atoms. The molecule has 0 saturated heterocycles. The maximum Gasteiger partial charge on any atom is 0.407 e. The highest BCUT2D eigenvalue weighted by Crippen LogP contribution is 2.45. The van der Waals surface area contributed by atoms with E-state index in [1.807, 2.05) is 24.5 Å². The Labute approximate surface area is 126 Å². The lowest BCUT2D eigenvalue weighted by atomic mass is 10.2. The maximum absolute atomic E-state index is 13.1. The molecule has 0 spiro atoms. The molecule has 1 aromatic rings. The van der Waals surface area contributed by atoms with Crippen molar-refractivity contribution in [2.75, 3.05) is 13.1 Å². The predicted molar refractivity (Wildman–Crippen MR) is 79.1 cm³/mol. The van der Waals surface area contributed by atoms with Crippen molar-refractivity contribution < 1.29 is 13.9 Å². The number of halogens is 1. The van der Waals surface area contributed by atoms with Crippen molar-refractivity contribution in [2.45, 2.75) is 36.2 Å². The lowest BCUT2D eigenvalue weighted by Crippen LogP contribution is -2.35. The van der Waals surface area contributed by atoms with Crippen molar-refractivity contribution in [2.24, 2.45) is 0 Å². The summed E-state index contributed by atoms with van der Waals surface area (Å²) in [5.74, 6) is -0.231. The summed E-state index contributed by atoms with van der Waals surface area (Å²) in [5, 5.41) is 2.70. The minimum absolute atomic E-state index is 0.231. The van der Waals surface area contributed by atoms with Crippen LogP contribution in [0.5, 0.6) is 0 Å². The number of hydrogen-bond donors (Lipinski definition) is 1. The van der Waals surface area contributed by atoms with E-state index >= 15 is 0 Å². The molecule has 1 heterocycles. The molecule has 0 aromatic heterocycles. The van der Waals surface area contributed by atoms with Gasteiger partial charge in [0.1, 0.15) is 11.4 Å². The smallest absolute Gasteiger partial charge is 0.407 e. The van der Waals surface area contributed by atoms with Crippen LogP contribution in [0.3, 0.4) is 0 Å². The molecule has 1 aliphatic heterocycles. The molecule has 110 valence electrons. The van der Waals surface area contributed by atoms with Crippen LogP contribution in [-0.2, 0) is 4.74 Å². The van der Waals surface area contributed by atoms with Crippen LogP contribution in [0.2, 0.25) is 0 Å². The molecule has 1 amide bonds. The molecular formula is C13H17FN2O2S2. The summed E-state index contributed by atoms with van der Waals surface area (Å²) in [6, 6.07) is 4.74. The second-order valence-corrected chi connectivity index (χ2v) is 7.62. The minimum atomic E-state index is -0.491. The first kappa shape index (κ1) is 15.5. The van der Waals surface area contributed by atoms with Crippen molar-refractivity contribution in [3.05, 3.63) is 24.0 Å². The first-order valence-electron chi connectivity index (χ1n) is 6.23. The van der Waals surface area contributed by atoms with Crippen LogP contribution in [0, 0.1) is 5.82 Å². The predicted octanol–water partition coefficient (Wildman–Crippen LogP) is 3.68. The number of rotatable bonds is 3. The Hall–Kier alpha value is -0.920. The van der Waals surface area contributed by atoms with Crippen molar-refractivity contribution in [3.8, 4) is 0 Å². The maximum atomic E-state index is 13.1. The van der Waals surface area contributed by atoms with E-state index in [4.69, 9.17) is 4.74 Å². The summed E-state index contributed by atoms with van der Waals surface area (Å²) in [6.45, 7) is 6.59. The van der Waals surface area contributed by atoms with E-state index in [2.05, 4.69) is 5.32 Å². The third-order valence-electron chi connectivity index (χ3n) is 2.27. The number of ether oxygens (including phenoxy) is 1. The normalized spacial score (nSPS) is 15.0. The topological polar surface area (TPSA) is 41.6 Å². The van der Waals surface area contributed by atoms with Crippen LogP contribution in [0.25, 0.3) is 0 Å². The summed E-state index contributed by atoms with van der Waals surface area (Å²) in [6.07, 6.45) is -0.421. The Morgan fingerprint density at radius 2 is 2.05 bits per heavy atom. The van der Waals surface area contributed by atoms with Crippen LogP contribution in [0.1, 0.15) is 20.8 Å². The van der Waals surface area contributed by atoms with Crippen LogP contribution in [0.15, 0.2) is 28.0 Å². The number of amides is 1. The van der Waals surface area contributed by atoms with Crippen molar-refractivity contribution in [3.63, 3.8) is 0 Å². The number of nitrogens with one attached hydrogen (secondary N) is 1. The molecule has 0 atom stereocenters. The Bertz CT molecular complexity index is 506. The van der Waals surface area contributed by atoms with E-state index in [-0.39, 0.29) is 5.82 Å². The molecule has 1 N–H and O–H groups in total. The highest BCUT2D eigenvalue weighted by molar-refractivity contribution is 8.14. The number of alkyl carbamates (subject to hydrolysis) is 1. The summed E-state index contributed by atoms with van der Waals surface area (Å²) < 4.78 is 20.2. The fraction of sp³-hybridized carbons (Fsp3) is 0.462. The zero-order chi connectivity index (χ0) is 14.8. The SMILES string of the molecule is CC(C)(C)OC(=O)NCCN1Sc2ccc(F)cc2S1. The van der Waals surface area contributed by atoms with Gasteiger partial charge in [-0.15, -0.1) is 0 Å². The van der Waals surface area contributed by atoms with Crippen LogP contribution in [-0.4, -0.2) is 28.5 Å². The molecule has 0 fully saturated rings. The number of benzene rings is 1. The molecular weight excluding hydrogens is 299 g/mol. The quantitative estimate of drug-likeness (QED) is 0.862. The van der Waals surface area contributed by atoms with Crippen molar-refractivity contribution in [1.82, 2.24) is 9.03 Å². The van der Waals surface area contributed by atoms with Gasteiger partial charge in [0.2, 0.25) is 0 Å². The van der Waals surface area contributed by atoms with Gasteiger partial charge in [-0.25, -0.2) is 9.18 Å². The van der Waals surface area contributed by atoms with Gasteiger partial charge in [-0.3, -0.25) is 0 Å². The molecule has 0 saturated carbocycles. The fourth-order valence-corrected chi connectivity index (χ4v) is 3.78. The van der Waals surface area contributed by atoms with E-state index in [9.17, 15) is 9.18 Å². The molecule has 0 bridgehead atoms. The average Bonchev–Trinajstić information content (AvgIpc) is 2.68. The molecule has 1 aliphatic rings. The van der Waals surface area contributed by atoms with E-state index in [1.165, 1.54) is 24.1 Å². The first-order chi connectivity index (χ1) is 9.33. The molecule has 0 radical (unpaired) electrons. The van der Waals surface area contributed by atoms with Gasteiger partial charge in [0.15, 0.2) is 0 Å². The fourth-order valence-electron chi connectivity index (χ4n) is 1.52. The monoisotopic (exact) mass is 316 g/mol. The van der Waals surface area contributed by atoms with Crippen LogP contribution >= 0.6 is 23.9 Å².